The first-order valence-corrected chi connectivity index (χ1v) is 15.6. The Balaban J connectivity index is 2.28. The number of hydrogen-bond acceptors (Lipinski definition) is 4. The summed E-state index contributed by atoms with van der Waals surface area (Å²) in [4.78, 5) is 12.5. The van der Waals surface area contributed by atoms with Gasteiger partial charge < -0.3 is 13.9 Å². The van der Waals surface area contributed by atoms with Crippen molar-refractivity contribution in [3.63, 3.8) is 0 Å². The summed E-state index contributed by atoms with van der Waals surface area (Å²) in [5.74, 6) is -0.398. The number of ether oxygens (including phenoxy) is 2. The van der Waals surface area contributed by atoms with Crippen LogP contribution >= 0.6 is 31.9 Å². The van der Waals surface area contributed by atoms with Crippen molar-refractivity contribution in [2.24, 2.45) is 5.41 Å². The van der Waals surface area contributed by atoms with Crippen LogP contribution in [0.2, 0.25) is 18.1 Å². The second-order valence-corrected chi connectivity index (χ2v) is 18.7. The molecule has 2 rings (SSSR count). The highest BCUT2D eigenvalue weighted by molar-refractivity contribution is 9.28. The number of epoxide rings is 1. The Bertz CT molecular complexity index is 833. The molecule has 0 aromatic carbocycles. The lowest BCUT2D eigenvalue weighted by molar-refractivity contribution is -0.137. The van der Waals surface area contributed by atoms with Gasteiger partial charge in [-0.1, -0.05) is 47.3 Å². The first-order chi connectivity index (χ1) is 14.5. The molecule has 0 amide bonds. The smallest absolute Gasteiger partial charge is 0.338 e. The lowest BCUT2D eigenvalue weighted by Gasteiger charge is -2.45. The molecule has 0 spiro atoms. The minimum absolute atomic E-state index is 0.147. The van der Waals surface area contributed by atoms with Gasteiger partial charge in [0.1, 0.15) is 17.8 Å². The molecule has 180 valence electrons. The molecule has 0 aromatic rings. The molecule has 1 aliphatic carbocycles. The van der Waals surface area contributed by atoms with Gasteiger partial charge in [0.2, 0.25) is 0 Å². The van der Waals surface area contributed by atoms with Gasteiger partial charge in [0, 0.05) is 17.9 Å². The van der Waals surface area contributed by atoms with Crippen LogP contribution < -0.4 is 0 Å². The van der Waals surface area contributed by atoms with Gasteiger partial charge in [-0.2, -0.15) is 0 Å². The van der Waals surface area contributed by atoms with E-state index in [-0.39, 0.29) is 28.8 Å². The molecule has 0 aromatic heterocycles. The fourth-order valence-corrected chi connectivity index (χ4v) is 6.10. The number of fused-ring (bicyclic) bond motifs is 1. The predicted octanol–water partition coefficient (Wildman–Crippen LogP) is 7.57. The summed E-state index contributed by atoms with van der Waals surface area (Å²) in [5.41, 5.74) is -0.461. The molecule has 1 heterocycles. The maximum Gasteiger partial charge on any atom is 0.338 e. The molecule has 0 radical (unpaired) electrons. The van der Waals surface area contributed by atoms with E-state index in [4.69, 9.17) is 13.9 Å². The van der Waals surface area contributed by atoms with Crippen LogP contribution in [0.3, 0.4) is 0 Å². The molecule has 0 unspecified atom stereocenters. The molecule has 1 saturated carbocycles. The molecule has 1 saturated heterocycles. The predicted molar refractivity (Wildman–Crippen MR) is 142 cm³/mol. The van der Waals surface area contributed by atoms with Crippen LogP contribution in [0.15, 0.2) is 45.9 Å². The highest BCUT2D eigenvalue weighted by atomic mass is 79.9. The van der Waals surface area contributed by atoms with Crippen molar-refractivity contribution in [2.45, 2.75) is 89.8 Å². The van der Waals surface area contributed by atoms with E-state index in [1.165, 1.54) is 0 Å². The Morgan fingerprint density at radius 2 is 1.81 bits per heavy atom. The lowest BCUT2D eigenvalue weighted by atomic mass is 9.63. The molecule has 0 N–H and O–H groups in total. The van der Waals surface area contributed by atoms with E-state index in [0.717, 1.165) is 16.2 Å². The van der Waals surface area contributed by atoms with Gasteiger partial charge in [0.25, 0.3) is 0 Å². The molecule has 4 nitrogen and oxygen atoms in total. The average Bonchev–Trinajstić information content (AvgIpc) is 3.24. The number of carbonyl (C=O) groups excluding carboxylic acids is 1. The molecule has 3 atom stereocenters. The second-order valence-electron chi connectivity index (χ2n) is 11.2. The molecule has 2 aliphatic rings. The number of allylic oxidation sites excluding steroid dienone is 2. The van der Waals surface area contributed by atoms with E-state index in [9.17, 15) is 4.79 Å². The Kier molecular flexibility index (Phi) is 8.37. The van der Waals surface area contributed by atoms with Gasteiger partial charge in [0.15, 0.2) is 8.32 Å². The highest BCUT2D eigenvalue weighted by Crippen LogP contribution is 2.66. The van der Waals surface area contributed by atoms with Crippen molar-refractivity contribution < 1.29 is 18.7 Å². The van der Waals surface area contributed by atoms with Crippen molar-refractivity contribution in [2.75, 3.05) is 6.61 Å². The fraction of sp³-hybridized carbons (Fsp3) is 0.640. The van der Waals surface area contributed by atoms with Gasteiger partial charge in [-0.15, -0.1) is 0 Å². The van der Waals surface area contributed by atoms with E-state index in [1.807, 2.05) is 12.2 Å². The SMILES string of the molecule is C=CCOC(=O)C(=C\C=C(Br)Br)/C=C/[C@@]12O[C@]1(C)C[C@@H](O[Si](C)(C)C(C)(C)C)CC2(C)C. The first-order valence-electron chi connectivity index (χ1n) is 11.1. The highest BCUT2D eigenvalue weighted by Gasteiger charge is 2.75. The molecule has 7 heteroatoms. The van der Waals surface area contributed by atoms with Crippen LogP contribution in [0, 0.1) is 5.41 Å². The summed E-state index contributed by atoms with van der Waals surface area (Å²) in [6, 6.07) is 0. The Hall–Kier alpha value is -0.473. The topological polar surface area (TPSA) is 48.1 Å². The number of carbonyl (C=O) groups is 1. The molecule has 1 aliphatic heterocycles. The lowest BCUT2D eigenvalue weighted by Crippen LogP contribution is -2.51. The standard InChI is InChI=1S/C25H38Br2O4Si/c1-10-15-29-21(28)18(11-12-20(26)27)13-14-25-23(5,6)16-19(17-24(25,7)31-25)30-32(8,9)22(2,3)4/h10-14,19H,1,15-17H2,2-9H3/b14-13+,18-11-/t19-,24+,25-/m0/s1. The Morgan fingerprint density at radius 3 is 2.31 bits per heavy atom. The largest absolute Gasteiger partial charge is 0.458 e. The van der Waals surface area contributed by atoms with Crippen LogP contribution in [-0.4, -0.2) is 38.2 Å². The quantitative estimate of drug-likeness (QED) is 0.0731. The third-order valence-corrected chi connectivity index (χ3v) is 12.3. The zero-order valence-electron chi connectivity index (χ0n) is 20.7. The van der Waals surface area contributed by atoms with E-state index in [2.05, 4.69) is 93.1 Å². The molecular formula is C25H38Br2O4Si. The van der Waals surface area contributed by atoms with Crippen LogP contribution in [0.4, 0.5) is 0 Å². The van der Waals surface area contributed by atoms with Crippen molar-refractivity contribution >= 4 is 46.1 Å². The average molecular weight is 590 g/mol. The van der Waals surface area contributed by atoms with Gasteiger partial charge in [-0.05, 0) is 87.6 Å². The van der Waals surface area contributed by atoms with E-state index < -0.39 is 19.9 Å². The van der Waals surface area contributed by atoms with Crippen molar-refractivity contribution in [1.82, 2.24) is 0 Å². The second kappa shape index (κ2) is 9.65. The van der Waals surface area contributed by atoms with Crippen molar-refractivity contribution in [3.05, 3.63) is 45.9 Å². The van der Waals surface area contributed by atoms with Crippen LogP contribution in [0.25, 0.3) is 0 Å². The summed E-state index contributed by atoms with van der Waals surface area (Å²) in [5, 5.41) is 0.166. The zero-order chi connectivity index (χ0) is 24.6. The maximum atomic E-state index is 12.5. The summed E-state index contributed by atoms with van der Waals surface area (Å²) in [6.07, 6.45) is 10.8. The number of hydrogen-bond donors (Lipinski definition) is 0. The summed E-state index contributed by atoms with van der Waals surface area (Å²) >= 11 is 6.66. The van der Waals surface area contributed by atoms with E-state index in [1.54, 1.807) is 18.2 Å². The number of halogens is 2. The molecular weight excluding hydrogens is 552 g/mol. The third-order valence-electron chi connectivity index (χ3n) is 7.21. The Labute approximate surface area is 211 Å². The van der Waals surface area contributed by atoms with E-state index >= 15 is 0 Å². The van der Waals surface area contributed by atoms with Crippen molar-refractivity contribution in [3.8, 4) is 0 Å². The summed E-state index contributed by atoms with van der Waals surface area (Å²) in [7, 11) is -1.88. The monoisotopic (exact) mass is 588 g/mol. The van der Waals surface area contributed by atoms with Crippen molar-refractivity contribution in [1.29, 1.82) is 0 Å². The molecule has 2 fully saturated rings. The van der Waals surface area contributed by atoms with Crippen LogP contribution in [0.5, 0.6) is 0 Å². The van der Waals surface area contributed by atoms with Gasteiger partial charge in [0.05, 0.1) is 8.96 Å². The minimum atomic E-state index is -1.88. The van der Waals surface area contributed by atoms with Crippen LogP contribution in [0.1, 0.15) is 54.4 Å². The van der Waals surface area contributed by atoms with Gasteiger partial charge in [-0.3, -0.25) is 0 Å². The fourth-order valence-electron chi connectivity index (χ4n) is 4.49. The normalized spacial score (nSPS) is 29.9. The Morgan fingerprint density at radius 1 is 1.19 bits per heavy atom. The summed E-state index contributed by atoms with van der Waals surface area (Å²) < 4.78 is 19.2. The van der Waals surface area contributed by atoms with Gasteiger partial charge >= 0.3 is 5.97 Å². The number of rotatable bonds is 8. The summed E-state index contributed by atoms with van der Waals surface area (Å²) in [6.45, 7) is 21.8. The van der Waals surface area contributed by atoms with E-state index in [0.29, 0.717) is 5.57 Å². The molecule has 0 bridgehead atoms. The van der Waals surface area contributed by atoms with Crippen LogP contribution in [-0.2, 0) is 18.7 Å². The maximum absolute atomic E-state index is 12.5. The van der Waals surface area contributed by atoms with Gasteiger partial charge in [-0.25, -0.2) is 4.79 Å². The first kappa shape index (κ1) is 27.8. The minimum Gasteiger partial charge on any atom is -0.458 e. The number of esters is 1. The zero-order valence-corrected chi connectivity index (χ0v) is 24.9. The third kappa shape index (κ3) is 5.77. The molecule has 32 heavy (non-hydrogen) atoms.